The molecule has 0 saturated carbocycles. The zero-order chi connectivity index (χ0) is 21.8. The second-order valence-electron chi connectivity index (χ2n) is 8.01. The minimum Gasteiger partial charge on any atom is -0.407 e. The molecule has 1 N–H and O–H groups in total. The van der Waals surface area contributed by atoms with Crippen LogP contribution in [0.15, 0.2) is 18.2 Å². The molecule has 1 aliphatic heterocycles. The number of nitrogens with one attached hydrogen (secondary N) is 1. The summed E-state index contributed by atoms with van der Waals surface area (Å²) in [4.78, 5) is 29.8. The van der Waals surface area contributed by atoms with Gasteiger partial charge in [-0.2, -0.15) is 0 Å². The normalized spacial score (nSPS) is 17.4. The van der Waals surface area contributed by atoms with E-state index in [1.807, 2.05) is 20.8 Å². The van der Waals surface area contributed by atoms with Crippen molar-refractivity contribution in [2.45, 2.75) is 46.5 Å². The molecule has 1 aromatic rings. The van der Waals surface area contributed by atoms with Gasteiger partial charge in [0.1, 0.15) is 5.75 Å². The summed E-state index contributed by atoms with van der Waals surface area (Å²) in [5.41, 5.74) is -0.434. The van der Waals surface area contributed by atoms with E-state index in [2.05, 4.69) is 14.9 Å². The molecule has 1 aliphatic rings. The fraction of sp³-hybridized carbons (Fsp3) is 0.550. The van der Waals surface area contributed by atoms with Gasteiger partial charge in [0.05, 0.1) is 12.5 Å². The van der Waals surface area contributed by atoms with E-state index < -0.39 is 23.4 Å². The lowest BCUT2D eigenvalue weighted by atomic mass is 9.91. The molecule has 9 heteroatoms. The molecule has 29 heavy (non-hydrogen) atoms. The quantitative estimate of drug-likeness (QED) is 0.761. The van der Waals surface area contributed by atoms with Crippen LogP contribution in [-0.4, -0.2) is 36.2 Å². The van der Waals surface area contributed by atoms with Crippen LogP contribution in [-0.2, 0) is 16.1 Å². The van der Waals surface area contributed by atoms with Crippen molar-refractivity contribution in [1.29, 1.82) is 0 Å². The number of amides is 2. The van der Waals surface area contributed by atoms with E-state index in [0.29, 0.717) is 19.4 Å². The van der Waals surface area contributed by atoms with Crippen LogP contribution in [0.1, 0.15) is 39.2 Å². The van der Waals surface area contributed by atoms with Crippen LogP contribution >= 0.6 is 0 Å². The van der Waals surface area contributed by atoms with Crippen molar-refractivity contribution in [3.8, 4) is 5.75 Å². The summed E-state index contributed by atoms with van der Waals surface area (Å²) in [6, 6.07) is 3.68. The highest BCUT2D eigenvalue weighted by Gasteiger charge is 2.34. The van der Waals surface area contributed by atoms with Crippen molar-refractivity contribution in [1.82, 2.24) is 10.2 Å². The molecule has 1 atom stereocenters. The molecule has 2 rings (SSSR count). The highest BCUT2D eigenvalue weighted by Crippen LogP contribution is 2.30. The van der Waals surface area contributed by atoms with E-state index in [0.717, 1.165) is 6.07 Å². The van der Waals surface area contributed by atoms with Gasteiger partial charge >= 0.3 is 6.36 Å². The van der Waals surface area contributed by atoms with Gasteiger partial charge in [0, 0.05) is 30.6 Å². The third kappa shape index (κ3) is 6.38. The fourth-order valence-electron chi connectivity index (χ4n) is 3.16. The third-order valence-electron chi connectivity index (χ3n) is 4.58. The van der Waals surface area contributed by atoms with Gasteiger partial charge in [-0.1, -0.05) is 32.9 Å². The number of piperidine rings is 1. The lowest BCUT2D eigenvalue weighted by Crippen LogP contribution is -2.48. The van der Waals surface area contributed by atoms with Gasteiger partial charge in [-0.15, -0.1) is 13.2 Å². The second kappa shape index (κ2) is 8.72. The van der Waals surface area contributed by atoms with Crippen LogP contribution in [0.25, 0.3) is 4.85 Å². The fourth-order valence-corrected chi connectivity index (χ4v) is 3.16. The molecule has 0 bridgehead atoms. The summed E-state index contributed by atoms with van der Waals surface area (Å²) in [7, 11) is 0. The summed E-state index contributed by atoms with van der Waals surface area (Å²) in [6.45, 7) is 13.1. The monoisotopic (exact) mass is 411 g/mol. The highest BCUT2D eigenvalue weighted by atomic mass is 19.4. The Hall–Kier alpha value is -2.76. The minimum absolute atomic E-state index is 0.00272. The Morgan fingerprint density at radius 3 is 2.59 bits per heavy atom. The number of nitrogens with zero attached hydrogens (tertiary/aromatic N) is 2. The largest absolute Gasteiger partial charge is 0.573 e. The van der Waals surface area contributed by atoms with Crippen LogP contribution in [0.2, 0.25) is 0 Å². The number of likely N-dealkylation sites (tertiary alicyclic amines) is 1. The van der Waals surface area contributed by atoms with Gasteiger partial charge < -0.3 is 15.0 Å². The van der Waals surface area contributed by atoms with E-state index >= 15 is 0 Å². The third-order valence-corrected chi connectivity index (χ3v) is 4.58. The summed E-state index contributed by atoms with van der Waals surface area (Å²) >= 11 is 0. The molecular weight excluding hydrogens is 387 g/mol. The van der Waals surface area contributed by atoms with Gasteiger partial charge in [0.25, 0.3) is 0 Å². The number of carbonyl (C=O) groups excluding carboxylic acids is 2. The Morgan fingerprint density at radius 1 is 1.31 bits per heavy atom. The molecule has 0 unspecified atom stereocenters. The molecule has 2 amide bonds. The summed E-state index contributed by atoms with van der Waals surface area (Å²) < 4.78 is 41.9. The Bertz CT molecular complexity index is 810. The van der Waals surface area contributed by atoms with Crippen LogP contribution < -0.4 is 10.1 Å². The maximum absolute atomic E-state index is 12.6. The Labute approximate surface area is 167 Å². The van der Waals surface area contributed by atoms with E-state index in [9.17, 15) is 22.8 Å². The number of halogens is 3. The SMILES string of the molecule is [C-]#[N+]c1ccc(CNC(=O)[C@@H]2CCCN(C(=O)C(C)(C)C)C2)c(OC(F)(F)F)c1. The molecule has 0 aromatic heterocycles. The first-order valence-corrected chi connectivity index (χ1v) is 9.24. The molecule has 0 radical (unpaired) electrons. The van der Waals surface area contributed by atoms with Crippen LogP contribution in [0, 0.1) is 17.9 Å². The van der Waals surface area contributed by atoms with Crippen molar-refractivity contribution in [3.63, 3.8) is 0 Å². The lowest BCUT2D eigenvalue weighted by molar-refractivity contribution is -0.274. The predicted molar refractivity (Wildman–Crippen MR) is 100.0 cm³/mol. The number of benzene rings is 1. The molecule has 0 spiro atoms. The average Bonchev–Trinajstić information content (AvgIpc) is 2.64. The Morgan fingerprint density at radius 2 is 2.00 bits per heavy atom. The zero-order valence-corrected chi connectivity index (χ0v) is 16.6. The number of hydrogen-bond acceptors (Lipinski definition) is 3. The van der Waals surface area contributed by atoms with Crippen molar-refractivity contribution in [2.24, 2.45) is 11.3 Å². The average molecular weight is 411 g/mol. The molecule has 158 valence electrons. The van der Waals surface area contributed by atoms with Gasteiger partial charge in [-0.25, -0.2) is 4.85 Å². The van der Waals surface area contributed by atoms with E-state index in [1.165, 1.54) is 12.1 Å². The molecule has 1 aromatic carbocycles. The summed E-state index contributed by atoms with van der Waals surface area (Å²) in [6.07, 6.45) is -3.62. The number of hydrogen-bond donors (Lipinski definition) is 1. The number of ether oxygens (including phenoxy) is 1. The first-order valence-electron chi connectivity index (χ1n) is 9.24. The van der Waals surface area contributed by atoms with Gasteiger partial charge in [0.2, 0.25) is 11.8 Å². The van der Waals surface area contributed by atoms with Gasteiger partial charge in [0.15, 0.2) is 5.69 Å². The molecule has 1 fully saturated rings. The first-order chi connectivity index (χ1) is 13.4. The topological polar surface area (TPSA) is 63.0 Å². The lowest BCUT2D eigenvalue weighted by Gasteiger charge is -2.35. The van der Waals surface area contributed by atoms with Crippen molar-refractivity contribution in [2.75, 3.05) is 13.1 Å². The van der Waals surface area contributed by atoms with Crippen LogP contribution in [0.4, 0.5) is 18.9 Å². The molecule has 1 saturated heterocycles. The maximum Gasteiger partial charge on any atom is 0.573 e. The number of rotatable bonds is 4. The summed E-state index contributed by atoms with van der Waals surface area (Å²) in [5.74, 6) is -1.31. The van der Waals surface area contributed by atoms with E-state index in [-0.39, 0.29) is 36.2 Å². The van der Waals surface area contributed by atoms with Crippen LogP contribution in [0.5, 0.6) is 5.75 Å². The van der Waals surface area contributed by atoms with E-state index in [4.69, 9.17) is 6.57 Å². The first kappa shape index (κ1) is 22.5. The smallest absolute Gasteiger partial charge is 0.407 e. The number of alkyl halides is 3. The van der Waals surface area contributed by atoms with Gasteiger partial charge in [-0.05, 0) is 18.9 Å². The highest BCUT2D eigenvalue weighted by molar-refractivity contribution is 5.84. The Balaban J connectivity index is 2.05. The van der Waals surface area contributed by atoms with Crippen LogP contribution in [0.3, 0.4) is 0 Å². The Kier molecular flexibility index (Phi) is 6.77. The molecular formula is C20H24F3N3O3. The molecule has 0 aliphatic carbocycles. The van der Waals surface area contributed by atoms with Crippen molar-refractivity contribution >= 4 is 17.5 Å². The molecule has 1 heterocycles. The minimum atomic E-state index is -4.91. The van der Waals surface area contributed by atoms with Crippen molar-refractivity contribution in [3.05, 3.63) is 35.2 Å². The zero-order valence-electron chi connectivity index (χ0n) is 16.6. The van der Waals surface area contributed by atoms with E-state index in [1.54, 1.807) is 4.90 Å². The second-order valence-corrected chi connectivity index (χ2v) is 8.01. The summed E-state index contributed by atoms with van der Waals surface area (Å²) in [5, 5.41) is 2.63. The standard InChI is InChI=1S/C20H24F3N3O3/c1-19(2,3)18(28)26-9-5-6-14(12-26)17(27)25-11-13-7-8-15(24-4)10-16(13)29-20(21,22)23/h7-8,10,14H,5-6,9,11-12H2,1-3H3,(H,25,27)/t14-/m1/s1. The predicted octanol–water partition coefficient (Wildman–Crippen LogP) is 4.04. The van der Waals surface area contributed by atoms with Crippen molar-refractivity contribution < 1.29 is 27.5 Å². The number of carbonyl (C=O) groups is 2. The maximum atomic E-state index is 12.6. The molecule has 6 nitrogen and oxygen atoms in total. The van der Waals surface area contributed by atoms with Gasteiger partial charge in [-0.3, -0.25) is 9.59 Å².